The molecule has 0 aliphatic heterocycles. The molecule has 1 aliphatic rings. The molecule has 0 amide bonds. The number of fused-ring (bicyclic) bond motifs is 3. The van der Waals surface area contributed by atoms with Gasteiger partial charge in [-0.25, -0.2) is 6.07 Å². The molecular weight excluding hydrogens is 558 g/mol. The maximum atomic E-state index is 3.30. The number of benzene rings is 4. The first-order chi connectivity index (χ1) is 16.7. The molecular formula is C33H28Cl2Zr-2. The van der Waals surface area contributed by atoms with Crippen molar-refractivity contribution in [3.8, 4) is 22.3 Å². The number of rotatable bonds is 2. The van der Waals surface area contributed by atoms with Gasteiger partial charge in [-0.15, -0.1) is 5.56 Å². The number of aryl methyl sites for hydroxylation is 2. The molecule has 0 nitrogen and oxygen atoms in total. The van der Waals surface area contributed by atoms with Gasteiger partial charge in [-0.1, -0.05) is 85.1 Å². The Balaban J connectivity index is 0.000000191. The minimum absolute atomic E-state index is 0. The Morgan fingerprint density at radius 2 is 1.33 bits per heavy atom. The third kappa shape index (κ3) is 7.78. The van der Waals surface area contributed by atoms with Crippen molar-refractivity contribution in [2.24, 2.45) is 0 Å². The van der Waals surface area contributed by atoms with Crippen LogP contribution in [0.15, 0.2) is 115 Å². The number of hydrogen-bond donors (Lipinski definition) is 0. The Bertz CT molecular complexity index is 1310. The third-order valence-corrected chi connectivity index (χ3v) is 6.73. The SMILES string of the molecule is Cc1cc(-c2ccccc2)c(C)[cH-]1.[Cl-].[Cl-].[Zr+2]=[CH]c1ccccc1.[c-]1cccc2c1Cc1ccccc1-2. The van der Waals surface area contributed by atoms with Crippen LogP contribution in [-0.4, -0.2) is 3.71 Å². The Kier molecular flexibility index (Phi) is 12.4. The zero-order valence-corrected chi connectivity index (χ0v) is 24.5. The normalized spacial score (nSPS) is 10.1. The van der Waals surface area contributed by atoms with Gasteiger partial charge < -0.3 is 24.8 Å². The summed E-state index contributed by atoms with van der Waals surface area (Å²) in [6, 6.07) is 43.4. The van der Waals surface area contributed by atoms with E-state index in [9.17, 15) is 0 Å². The molecule has 0 radical (unpaired) electrons. The molecule has 3 heteroatoms. The molecule has 0 atom stereocenters. The van der Waals surface area contributed by atoms with E-state index in [0.29, 0.717) is 0 Å². The molecule has 1 aliphatic carbocycles. The molecule has 6 rings (SSSR count). The summed E-state index contributed by atoms with van der Waals surface area (Å²) in [5, 5.41) is 0. The van der Waals surface area contributed by atoms with Crippen molar-refractivity contribution in [1.29, 1.82) is 0 Å². The number of hydrogen-bond acceptors (Lipinski definition) is 0. The summed E-state index contributed by atoms with van der Waals surface area (Å²) in [7, 11) is 0. The van der Waals surface area contributed by atoms with Crippen LogP contribution in [0.25, 0.3) is 22.3 Å². The minimum Gasteiger partial charge on any atom is -0.179 e. The second-order valence-corrected chi connectivity index (χ2v) is 9.16. The molecule has 0 spiro atoms. The summed E-state index contributed by atoms with van der Waals surface area (Å²) in [4.78, 5) is 0. The van der Waals surface area contributed by atoms with Gasteiger partial charge in [-0.3, -0.25) is 0 Å². The molecule has 36 heavy (non-hydrogen) atoms. The first kappa shape index (κ1) is 29.8. The van der Waals surface area contributed by atoms with Crippen molar-refractivity contribution < 1.29 is 49.0 Å². The van der Waals surface area contributed by atoms with E-state index < -0.39 is 0 Å². The Morgan fingerprint density at radius 3 is 1.94 bits per heavy atom. The zero-order valence-electron chi connectivity index (χ0n) is 20.5. The van der Waals surface area contributed by atoms with Crippen LogP contribution in [0.2, 0.25) is 0 Å². The summed E-state index contributed by atoms with van der Waals surface area (Å²) in [6.45, 7) is 4.30. The predicted octanol–water partition coefficient (Wildman–Crippen LogP) is 2.14. The van der Waals surface area contributed by atoms with E-state index in [1.807, 2.05) is 12.1 Å². The first-order valence-corrected chi connectivity index (χ1v) is 13.0. The average molecular weight is 587 g/mol. The molecule has 0 unspecified atom stereocenters. The van der Waals surface area contributed by atoms with Crippen LogP contribution < -0.4 is 24.8 Å². The first-order valence-electron chi connectivity index (χ1n) is 11.6. The van der Waals surface area contributed by atoms with Crippen molar-refractivity contribution in [3.05, 3.63) is 149 Å². The quantitative estimate of drug-likeness (QED) is 0.273. The van der Waals surface area contributed by atoms with E-state index in [2.05, 4.69) is 127 Å². The van der Waals surface area contributed by atoms with Gasteiger partial charge >= 0.3 is 63.8 Å². The van der Waals surface area contributed by atoms with Crippen molar-refractivity contribution in [3.63, 3.8) is 0 Å². The predicted molar refractivity (Wildman–Crippen MR) is 142 cm³/mol. The van der Waals surface area contributed by atoms with E-state index in [1.165, 1.54) is 74.3 Å². The fourth-order valence-corrected chi connectivity index (χ4v) is 4.75. The summed E-state index contributed by atoms with van der Waals surface area (Å²) < 4.78 is 2.17. The molecule has 5 aromatic rings. The van der Waals surface area contributed by atoms with Crippen LogP contribution in [0.4, 0.5) is 0 Å². The van der Waals surface area contributed by atoms with Gasteiger partial charge in [-0.05, 0) is 6.42 Å². The van der Waals surface area contributed by atoms with Crippen molar-refractivity contribution in [1.82, 2.24) is 0 Å². The van der Waals surface area contributed by atoms with Crippen LogP contribution in [0, 0.1) is 19.9 Å². The van der Waals surface area contributed by atoms with Crippen LogP contribution in [0.5, 0.6) is 0 Å². The second kappa shape index (κ2) is 15.0. The van der Waals surface area contributed by atoms with E-state index in [1.54, 1.807) is 0 Å². The fourth-order valence-electron chi connectivity index (χ4n) is 4.28. The van der Waals surface area contributed by atoms with Crippen molar-refractivity contribution in [2.75, 3.05) is 0 Å². The van der Waals surface area contributed by atoms with Gasteiger partial charge in [0.05, 0.1) is 0 Å². The standard InChI is InChI=1S/C13H9.C13H13.C7H6.2ClH.Zr/c1-3-7-12-10(5-1)9-11-6-2-4-8-13(11)12;1-10-8-11(2)13(9-10)12-6-4-3-5-7-12;1-7-5-3-2-4-6-7;;;/h1-5,7-8H,9H2;3-9H,1-2H3;1-6H;2*1H;/q2*-1;;;;+2/p-2. The van der Waals surface area contributed by atoms with Crippen LogP contribution >= 0.6 is 0 Å². The molecule has 0 bridgehead atoms. The van der Waals surface area contributed by atoms with Crippen LogP contribution in [0.1, 0.15) is 27.8 Å². The molecule has 0 aromatic heterocycles. The summed E-state index contributed by atoms with van der Waals surface area (Å²) in [5.74, 6) is 0. The summed E-state index contributed by atoms with van der Waals surface area (Å²) in [5.41, 5.74) is 12.2. The van der Waals surface area contributed by atoms with E-state index in [0.717, 1.165) is 6.42 Å². The molecule has 0 saturated carbocycles. The zero-order chi connectivity index (χ0) is 23.8. The molecule has 0 fully saturated rings. The van der Waals surface area contributed by atoms with Crippen molar-refractivity contribution in [2.45, 2.75) is 20.3 Å². The van der Waals surface area contributed by atoms with E-state index in [4.69, 9.17) is 0 Å². The monoisotopic (exact) mass is 584 g/mol. The van der Waals surface area contributed by atoms with Crippen molar-refractivity contribution >= 4 is 3.71 Å². The largest absolute Gasteiger partial charge is 0.179 e. The maximum absolute atomic E-state index is 3.30. The molecule has 0 N–H and O–H groups in total. The fraction of sp³-hybridized carbons (Fsp3) is 0.0909. The third-order valence-electron chi connectivity index (χ3n) is 5.91. The second-order valence-electron chi connectivity index (χ2n) is 8.45. The summed E-state index contributed by atoms with van der Waals surface area (Å²) in [6.07, 6.45) is 1.05. The van der Waals surface area contributed by atoms with E-state index in [-0.39, 0.29) is 24.8 Å². The maximum Gasteiger partial charge on any atom is -0.0253 e. The minimum atomic E-state index is 0. The molecule has 5 aromatic carbocycles. The van der Waals surface area contributed by atoms with Gasteiger partial charge in [0, 0.05) is 0 Å². The Labute approximate surface area is 242 Å². The van der Waals surface area contributed by atoms with Gasteiger partial charge in [-0.2, -0.15) is 52.6 Å². The van der Waals surface area contributed by atoms with Crippen LogP contribution in [-0.2, 0) is 30.7 Å². The molecule has 0 heterocycles. The average Bonchev–Trinajstić information content (AvgIpc) is 3.44. The van der Waals surface area contributed by atoms with Gasteiger partial charge in [0.2, 0.25) is 0 Å². The topological polar surface area (TPSA) is 0 Å². The van der Waals surface area contributed by atoms with Gasteiger partial charge in [0.25, 0.3) is 0 Å². The van der Waals surface area contributed by atoms with Gasteiger partial charge in [0.15, 0.2) is 0 Å². The molecule has 0 saturated heterocycles. The van der Waals surface area contributed by atoms with Crippen LogP contribution in [0.3, 0.4) is 0 Å². The van der Waals surface area contributed by atoms with E-state index >= 15 is 0 Å². The Morgan fingerprint density at radius 1 is 0.722 bits per heavy atom. The van der Waals surface area contributed by atoms with Gasteiger partial charge in [0.1, 0.15) is 0 Å². The number of halogens is 2. The Hall–Kier alpha value is -2.44. The summed E-state index contributed by atoms with van der Waals surface area (Å²) >= 11 is 1.46. The smallest absolute Gasteiger partial charge is 0.0253 e. The molecule has 180 valence electrons.